The largest absolute Gasteiger partial charge is 0.0870 e. The van der Waals surface area contributed by atoms with Crippen LogP contribution in [0.5, 0.6) is 0 Å². The van der Waals surface area contributed by atoms with Crippen molar-refractivity contribution in [3.8, 4) is 0 Å². The molecule has 0 amide bonds. The first kappa shape index (κ1) is 11.8. The Bertz CT molecular complexity index is 511. The lowest BCUT2D eigenvalue weighted by molar-refractivity contribution is 0.519. The Morgan fingerprint density at radius 1 is 1.17 bits per heavy atom. The molecular weight excluding hydrogens is 216 g/mol. The van der Waals surface area contributed by atoms with Crippen LogP contribution in [0.15, 0.2) is 42.0 Å². The molecular formula is C18H22. The fraction of sp³-hybridized carbons (Fsp3) is 0.444. The Balaban J connectivity index is 2.26. The van der Waals surface area contributed by atoms with Gasteiger partial charge in [-0.1, -0.05) is 61.8 Å². The van der Waals surface area contributed by atoms with Crippen LogP contribution in [0.2, 0.25) is 0 Å². The number of allylic oxidation sites excluding steroid dienone is 4. The van der Waals surface area contributed by atoms with Crippen LogP contribution in [0, 0.1) is 0 Å². The summed E-state index contributed by atoms with van der Waals surface area (Å²) in [6, 6.07) is 9.08. The average molecular weight is 238 g/mol. The summed E-state index contributed by atoms with van der Waals surface area (Å²) in [4.78, 5) is 0. The zero-order valence-corrected chi connectivity index (χ0v) is 11.5. The van der Waals surface area contributed by atoms with E-state index in [0.717, 1.165) is 0 Å². The van der Waals surface area contributed by atoms with E-state index in [1.807, 2.05) is 0 Å². The second-order valence-corrected chi connectivity index (χ2v) is 5.58. The molecule has 0 aromatic heterocycles. The maximum absolute atomic E-state index is 2.37. The van der Waals surface area contributed by atoms with Gasteiger partial charge in [-0.2, -0.15) is 0 Å². The molecule has 1 aromatic rings. The maximum atomic E-state index is 2.37. The molecule has 0 radical (unpaired) electrons. The van der Waals surface area contributed by atoms with Gasteiger partial charge in [0.05, 0.1) is 0 Å². The minimum absolute atomic E-state index is 0.389. The van der Waals surface area contributed by atoms with Crippen molar-refractivity contribution in [2.45, 2.75) is 51.4 Å². The minimum atomic E-state index is 0.389. The topological polar surface area (TPSA) is 0 Å². The summed E-state index contributed by atoms with van der Waals surface area (Å²) in [6.07, 6.45) is 11.2. The van der Waals surface area contributed by atoms with E-state index >= 15 is 0 Å². The van der Waals surface area contributed by atoms with Gasteiger partial charge in [-0.15, -0.1) is 0 Å². The first-order chi connectivity index (χ1) is 8.83. The molecule has 2 aliphatic carbocycles. The SMILES string of the molecule is C/C=C\C1=C(CC)C2(CCCC2)c2ccccc21. The molecule has 0 nitrogen and oxygen atoms in total. The predicted molar refractivity (Wildman–Crippen MR) is 78.6 cm³/mol. The standard InChI is InChI=1S/C18H22/c1-3-9-14-15-10-5-6-11-17(15)18(16(14)4-2)12-7-8-13-18/h3,5-6,9-11H,4,7-8,12-13H2,1-2H3/b9-3-. The highest BCUT2D eigenvalue weighted by molar-refractivity contribution is 5.86. The van der Waals surface area contributed by atoms with Crippen molar-refractivity contribution in [1.29, 1.82) is 0 Å². The van der Waals surface area contributed by atoms with Gasteiger partial charge in [0.1, 0.15) is 0 Å². The van der Waals surface area contributed by atoms with Gasteiger partial charge in [0.2, 0.25) is 0 Å². The minimum Gasteiger partial charge on any atom is -0.0870 e. The monoisotopic (exact) mass is 238 g/mol. The summed E-state index contributed by atoms with van der Waals surface area (Å²) < 4.78 is 0. The van der Waals surface area contributed by atoms with Crippen LogP contribution in [0.25, 0.3) is 5.57 Å². The van der Waals surface area contributed by atoms with Gasteiger partial charge in [0.15, 0.2) is 0 Å². The van der Waals surface area contributed by atoms with E-state index in [4.69, 9.17) is 0 Å². The summed E-state index contributed by atoms with van der Waals surface area (Å²) in [7, 11) is 0. The summed E-state index contributed by atoms with van der Waals surface area (Å²) >= 11 is 0. The smallest absolute Gasteiger partial charge is 0.0177 e. The molecule has 1 fully saturated rings. The Morgan fingerprint density at radius 3 is 2.56 bits per heavy atom. The van der Waals surface area contributed by atoms with Crippen molar-refractivity contribution in [3.63, 3.8) is 0 Å². The Kier molecular flexibility index (Phi) is 2.89. The Morgan fingerprint density at radius 2 is 1.89 bits per heavy atom. The van der Waals surface area contributed by atoms with Gasteiger partial charge in [-0.25, -0.2) is 0 Å². The average Bonchev–Trinajstić information content (AvgIpc) is 2.97. The molecule has 0 aliphatic heterocycles. The molecule has 3 rings (SSSR count). The first-order valence-corrected chi connectivity index (χ1v) is 7.29. The molecule has 0 saturated heterocycles. The highest BCUT2D eigenvalue weighted by Crippen LogP contribution is 2.56. The molecule has 0 unspecified atom stereocenters. The third-order valence-electron chi connectivity index (χ3n) is 4.78. The second kappa shape index (κ2) is 4.42. The quantitative estimate of drug-likeness (QED) is 0.660. The lowest BCUT2D eigenvalue weighted by Crippen LogP contribution is -2.21. The van der Waals surface area contributed by atoms with Gasteiger partial charge in [-0.3, -0.25) is 0 Å². The van der Waals surface area contributed by atoms with E-state index in [9.17, 15) is 0 Å². The number of fused-ring (bicyclic) bond motifs is 2. The van der Waals surface area contributed by atoms with E-state index in [-0.39, 0.29) is 0 Å². The Hall–Kier alpha value is -1.30. The molecule has 2 aliphatic rings. The van der Waals surface area contributed by atoms with E-state index in [2.05, 4.69) is 50.3 Å². The third kappa shape index (κ3) is 1.44. The number of benzene rings is 1. The third-order valence-corrected chi connectivity index (χ3v) is 4.78. The summed E-state index contributed by atoms with van der Waals surface area (Å²) in [5, 5.41) is 0. The van der Waals surface area contributed by atoms with Gasteiger partial charge >= 0.3 is 0 Å². The van der Waals surface area contributed by atoms with Crippen LogP contribution in [0.1, 0.15) is 57.1 Å². The first-order valence-electron chi connectivity index (χ1n) is 7.29. The lowest BCUT2D eigenvalue weighted by Gasteiger charge is -2.28. The summed E-state index contributed by atoms with van der Waals surface area (Å²) in [6.45, 7) is 4.45. The number of hydrogen-bond acceptors (Lipinski definition) is 0. The molecule has 0 atom stereocenters. The molecule has 1 spiro atoms. The zero-order chi connectivity index (χ0) is 12.6. The number of hydrogen-bond donors (Lipinski definition) is 0. The Labute approximate surface area is 110 Å². The number of rotatable bonds is 2. The van der Waals surface area contributed by atoms with Crippen molar-refractivity contribution >= 4 is 5.57 Å². The fourth-order valence-corrected chi connectivity index (χ4v) is 4.15. The summed E-state index contributed by atoms with van der Waals surface area (Å²) in [5.74, 6) is 0. The van der Waals surface area contributed by atoms with Crippen LogP contribution < -0.4 is 0 Å². The van der Waals surface area contributed by atoms with Crippen LogP contribution in [-0.2, 0) is 5.41 Å². The second-order valence-electron chi connectivity index (χ2n) is 5.58. The van der Waals surface area contributed by atoms with Crippen molar-refractivity contribution < 1.29 is 0 Å². The highest BCUT2D eigenvalue weighted by atomic mass is 14.5. The van der Waals surface area contributed by atoms with Crippen molar-refractivity contribution in [2.24, 2.45) is 0 Å². The molecule has 1 aromatic carbocycles. The van der Waals surface area contributed by atoms with Crippen LogP contribution in [0.3, 0.4) is 0 Å². The van der Waals surface area contributed by atoms with E-state index < -0.39 is 0 Å². The molecule has 1 saturated carbocycles. The normalized spacial score (nSPS) is 21.2. The molecule has 0 bridgehead atoms. The zero-order valence-electron chi connectivity index (χ0n) is 11.5. The van der Waals surface area contributed by atoms with Crippen molar-refractivity contribution in [2.75, 3.05) is 0 Å². The van der Waals surface area contributed by atoms with E-state index in [1.54, 1.807) is 11.1 Å². The molecule has 18 heavy (non-hydrogen) atoms. The van der Waals surface area contributed by atoms with Crippen molar-refractivity contribution in [1.82, 2.24) is 0 Å². The summed E-state index contributed by atoms with van der Waals surface area (Å²) in [5.41, 5.74) is 6.69. The molecule has 0 N–H and O–H groups in total. The predicted octanol–water partition coefficient (Wildman–Crippen LogP) is 5.25. The van der Waals surface area contributed by atoms with E-state index in [0.29, 0.717) is 5.41 Å². The maximum Gasteiger partial charge on any atom is 0.0177 e. The molecule has 0 heterocycles. The van der Waals surface area contributed by atoms with Crippen LogP contribution >= 0.6 is 0 Å². The molecule has 0 heteroatoms. The van der Waals surface area contributed by atoms with Crippen LogP contribution in [0.4, 0.5) is 0 Å². The van der Waals surface area contributed by atoms with Crippen LogP contribution in [-0.4, -0.2) is 0 Å². The molecule has 94 valence electrons. The van der Waals surface area contributed by atoms with Gasteiger partial charge in [0.25, 0.3) is 0 Å². The highest BCUT2D eigenvalue weighted by Gasteiger charge is 2.44. The lowest BCUT2D eigenvalue weighted by atomic mass is 9.75. The van der Waals surface area contributed by atoms with Gasteiger partial charge in [-0.05, 0) is 42.9 Å². The van der Waals surface area contributed by atoms with Gasteiger partial charge in [0, 0.05) is 5.41 Å². The van der Waals surface area contributed by atoms with Gasteiger partial charge < -0.3 is 0 Å². The van der Waals surface area contributed by atoms with Crippen molar-refractivity contribution in [3.05, 3.63) is 53.1 Å². The fourth-order valence-electron chi connectivity index (χ4n) is 4.15. The van der Waals surface area contributed by atoms with E-state index in [1.165, 1.54) is 43.2 Å².